The minimum atomic E-state index is -0.749. The van der Waals surface area contributed by atoms with Crippen LogP contribution in [0, 0.1) is 0 Å². The summed E-state index contributed by atoms with van der Waals surface area (Å²) in [6.07, 6.45) is 1.46. The Morgan fingerprint density at radius 2 is 1.34 bits per heavy atom. The number of imide groups is 2. The Balaban J connectivity index is 1.58. The molecule has 0 atom stereocenters. The van der Waals surface area contributed by atoms with Gasteiger partial charge in [0.05, 0.1) is 11.4 Å². The zero-order valence-corrected chi connectivity index (χ0v) is 22.2. The molecular formula is C30H20BrClN2O4. The number of hydrogen-bond acceptors (Lipinski definition) is 4. The second-order valence-corrected chi connectivity index (χ2v) is 9.75. The molecule has 1 aliphatic rings. The van der Waals surface area contributed by atoms with Gasteiger partial charge in [0.1, 0.15) is 17.9 Å². The number of carbonyl (C=O) groups is 3. The minimum Gasteiger partial charge on any atom is -0.488 e. The third-order valence-electron chi connectivity index (χ3n) is 5.83. The quantitative estimate of drug-likeness (QED) is 0.176. The number of carbonyl (C=O) groups excluding carboxylic acids is 3. The van der Waals surface area contributed by atoms with Gasteiger partial charge in [0.15, 0.2) is 0 Å². The Morgan fingerprint density at radius 1 is 0.737 bits per heavy atom. The van der Waals surface area contributed by atoms with Crippen LogP contribution < -0.4 is 14.5 Å². The summed E-state index contributed by atoms with van der Waals surface area (Å²) < 4.78 is 6.78. The van der Waals surface area contributed by atoms with Gasteiger partial charge in [-0.3, -0.25) is 9.59 Å². The summed E-state index contributed by atoms with van der Waals surface area (Å²) >= 11 is 9.55. The first-order valence-electron chi connectivity index (χ1n) is 11.6. The van der Waals surface area contributed by atoms with Crippen LogP contribution >= 0.6 is 27.5 Å². The Labute approximate surface area is 232 Å². The van der Waals surface area contributed by atoms with Gasteiger partial charge in [-0.1, -0.05) is 76.1 Å². The standard InChI is InChI=1S/C30H20BrClN2O4/c31-22-14-15-27(38-19-20-8-7-9-23(32)16-20)21(17-22)18-26-28(35)33(24-10-3-1-4-11-24)30(37)34(29(26)36)25-12-5-2-6-13-25/h1-18H,19H2. The van der Waals surface area contributed by atoms with Gasteiger partial charge in [0.25, 0.3) is 11.8 Å². The summed E-state index contributed by atoms with van der Waals surface area (Å²) in [5, 5.41) is 0.592. The number of rotatable bonds is 6. The second-order valence-electron chi connectivity index (χ2n) is 8.39. The largest absolute Gasteiger partial charge is 0.488 e. The number of nitrogens with zero attached hydrogens (tertiary/aromatic N) is 2. The maximum atomic E-state index is 13.7. The smallest absolute Gasteiger partial charge is 0.343 e. The number of benzene rings is 4. The van der Waals surface area contributed by atoms with Gasteiger partial charge < -0.3 is 4.74 Å². The number of halogens is 2. The molecule has 5 rings (SSSR count). The van der Waals surface area contributed by atoms with Crippen molar-refractivity contribution in [3.05, 3.63) is 129 Å². The van der Waals surface area contributed by atoms with Gasteiger partial charge in [0.2, 0.25) is 0 Å². The fourth-order valence-corrected chi connectivity index (χ4v) is 4.64. The molecule has 0 N–H and O–H groups in total. The number of amides is 4. The highest BCUT2D eigenvalue weighted by atomic mass is 79.9. The molecule has 4 aromatic carbocycles. The summed E-state index contributed by atoms with van der Waals surface area (Å²) in [5.41, 5.74) is 1.89. The lowest BCUT2D eigenvalue weighted by molar-refractivity contribution is -0.121. The van der Waals surface area contributed by atoms with E-state index < -0.39 is 17.8 Å². The Hall–Kier alpha value is -4.20. The highest BCUT2D eigenvalue weighted by Crippen LogP contribution is 2.32. The van der Waals surface area contributed by atoms with Crippen molar-refractivity contribution in [2.24, 2.45) is 0 Å². The van der Waals surface area contributed by atoms with E-state index in [9.17, 15) is 14.4 Å². The zero-order chi connectivity index (χ0) is 26.6. The number of hydrogen-bond donors (Lipinski definition) is 0. The van der Waals surface area contributed by atoms with Crippen LogP contribution in [0.5, 0.6) is 5.75 Å². The molecule has 0 unspecified atom stereocenters. The lowest BCUT2D eigenvalue weighted by Crippen LogP contribution is -2.57. The molecule has 0 spiro atoms. The van der Waals surface area contributed by atoms with Crippen molar-refractivity contribution in [2.75, 3.05) is 9.80 Å². The van der Waals surface area contributed by atoms with Crippen LogP contribution in [0.3, 0.4) is 0 Å². The maximum Gasteiger partial charge on any atom is 0.343 e. The Morgan fingerprint density at radius 3 is 1.92 bits per heavy atom. The van der Waals surface area contributed by atoms with Gasteiger partial charge in [0, 0.05) is 15.1 Å². The third kappa shape index (κ3) is 5.25. The van der Waals surface area contributed by atoms with Gasteiger partial charge in [-0.05, 0) is 66.2 Å². The van der Waals surface area contributed by atoms with E-state index in [1.54, 1.807) is 91.0 Å². The van der Waals surface area contributed by atoms with E-state index in [1.165, 1.54) is 6.08 Å². The molecule has 1 saturated heterocycles. The van der Waals surface area contributed by atoms with Crippen molar-refractivity contribution in [2.45, 2.75) is 6.61 Å². The summed E-state index contributed by atoms with van der Waals surface area (Å²) in [5.74, 6) is -0.992. The first kappa shape index (κ1) is 25.4. The van der Waals surface area contributed by atoms with E-state index in [4.69, 9.17) is 16.3 Å². The fourth-order valence-electron chi connectivity index (χ4n) is 4.05. The van der Waals surface area contributed by atoms with E-state index in [-0.39, 0.29) is 12.2 Å². The van der Waals surface area contributed by atoms with Crippen LogP contribution in [0.15, 0.2) is 113 Å². The van der Waals surface area contributed by atoms with Crippen molar-refractivity contribution in [1.29, 1.82) is 0 Å². The van der Waals surface area contributed by atoms with E-state index in [0.29, 0.717) is 27.7 Å². The number of para-hydroxylation sites is 2. The average molecular weight is 588 g/mol. The molecule has 1 heterocycles. The van der Waals surface area contributed by atoms with Crippen LogP contribution in [-0.4, -0.2) is 17.8 Å². The van der Waals surface area contributed by atoms with E-state index in [2.05, 4.69) is 15.9 Å². The minimum absolute atomic E-state index is 0.178. The molecule has 0 saturated carbocycles. The first-order valence-corrected chi connectivity index (χ1v) is 12.8. The molecule has 0 radical (unpaired) electrons. The van der Waals surface area contributed by atoms with Crippen molar-refractivity contribution in [3.8, 4) is 5.75 Å². The highest BCUT2D eigenvalue weighted by molar-refractivity contribution is 9.10. The number of barbiturate groups is 1. The molecule has 0 aliphatic carbocycles. The number of anilines is 2. The van der Waals surface area contributed by atoms with Gasteiger partial charge >= 0.3 is 6.03 Å². The van der Waals surface area contributed by atoms with Crippen molar-refractivity contribution in [1.82, 2.24) is 0 Å². The third-order valence-corrected chi connectivity index (χ3v) is 6.56. The molecular weight excluding hydrogens is 568 g/mol. The number of urea groups is 1. The maximum absolute atomic E-state index is 13.7. The number of ether oxygens (including phenoxy) is 1. The van der Waals surface area contributed by atoms with Crippen LogP contribution in [-0.2, 0) is 16.2 Å². The Kier molecular flexibility index (Phi) is 7.40. The van der Waals surface area contributed by atoms with Gasteiger partial charge in [-0.25, -0.2) is 14.6 Å². The van der Waals surface area contributed by atoms with E-state index in [1.807, 2.05) is 12.1 Å². The predicted octanol–water partition coefficient (Wildman–Crippen LogP) is 7.26. The fraction of sp³-hybridized carbons (Fsp3) is 0.0333. The molecule has 1 fully saturated rings. The topological polar surface area (TPSA) is 66.9 Å². The molecule has 0 bridgehead atoms. The van der Waals surface area contributed by atoms with Crippen LogP contribution in [0.4, 0.5) is 16.2 Å². The van der Waals surface area contributed by atoms with E-state index in [0.717, 1.165) is 19.8 Å². The van der Waals surface area contributed by atoms with Crippen LogP contribution in [0.1, 0.15) is 11.1 Å². The van der Waals surface area contributed by atoms with E-state index >= 15 is 0 Å². The molecule has 38 heavy (non-hydrogen) atoms. The molecule has 6 nitrogen and oxygen atoms in total. The van der Waals surface area contributed by atoms with Gasteiger partial charge in [-0.2, -0.15) is 0 Å². The predicted molar refractivity (Wildman–Crippen MR) is 151 cm³/mol. The average Bonchev–Trinajstić information content (AvgIpc) is 2.92. The molecule has 4 amide bonds. The van der Waals surface area contributed by atoms with Gasteiger partial charge in [-0.15, -0.1) is 0 Å². The summed E-state index contributed by atoms with van der Waals surface area (Å²) in [6, 6.07) is 28.9. The summed E-state index contributed by atoms with van der Waals surface area (Å²) in [7, 11) is 0. The first-order chi connectivity index (χ1) is 18.4. The zero-order valence-electron chi connectivity index (χ0n) is 19.9. The second kappa shape index (κ2) is 11.0. The van der Waals surface area contributed by atoms with Crippen molar-refractivity contribution < 1.29 is 19.1 Å². The molecule has 4 aromatic rings. The SMILES string of the molecule is O=C1C(=Cc2cc(Br)ccc2OCc2cccc(Cl)c2)C(=O)N(c2ccccc2)C(=O)N1c1ccccc1. The molecule has 8 heteroatoms. The lowest BCUT2D eigenvalue weighted by Gasteiger charge is -2.34. The summed E-state index contributed by atoms with van der Waals surface area (Å²) in [6.45, 7) is 0.227. The lowest BCUT2D eigenvalue weighted by atomic mass is 10.0. The molecule has 188 valence electrons. The molecule has 0 aromatic heterocycles. The van der Waals surface area contributed by atoms with Crippen LogP contribution in [0.25, 0.3) is 6.08 Å². The monoisotopic (exact) mass is 586 g/mol. The van der Waals surface area contributed by atoms with Crippen molar-refractivity contribution >= 4 is 62.8 Å². The summed E-state index contributed by atoms with van der Waals surface area (Å²) in [4.78, 5) is 42.8. The normalized spacial score (nSPS) is 13.6. The Bertz CT molecular complexity index is 1490. The molecule has 1 aliphatic heterocycles. The van der Waals surface area contributed by atoms with Crippen molar-refractivity contribution in [3.63, 3.8) is 0 Å². The highest BCUT2D eigenvalue weighted by Gasteiger charge is 2.43. The van der Waals surface area contributed by atoms with Crippen LogP contribution in [0.2, 0.25) is 5.02 Å².